The van der Waals surface area contributed by atoms with Gasteiger partial charge in [0.15, 0.2) is 0 Å². The van der Waals surface area contributed by atoms with Crippen LogP contribution in [0.2, 0.25) is 0 Å². The van der Waals surface area contributed by atoms with Gasteiger partial charge in [0.05, 0.1) is 5.37 Å². The van der Waals surface area contributed by atoms with E-state index >= 15 is 0 Å². The number of hydrogen-bond donors (Lipinski definition) is 2. The number of aliphatic carboxylic acids is 1. The quantitative estimate of drug-likeness (QED) is 0.758. The molecule has 14 heavy (non-hydrogen) atoms. The number of pyridine rings is 1. The summed E-state index contributed by atoms with van der Waals surface area (Å²) in [6.07, 6.45) is 3.46. The maximum absolute atomic E-state index is 10.7. The lowest BCUT2D eigenvalue weighted by molar-refractivity contribution is -0.138. The van der Waals surface area contributed by atoms with Crippen molar-refractivity contribution in [2.75, 3.05) is 5.75 Å². The van der Waals surface area contributed by atoms with Crippen molar-refractivity contribution in [3.05, 3.63) is 30.1 Å². The highest BCUT2D eigenvalue weighted by molar-refractivity contribution is 7.99. The Morgan fingerprint density at radius 3 is 3.14 bits per heavy atom. The van der Waals surface area contributed by atoms with Gasteiger partial charge in [0.2, 0.25) is 0 Å². The van der Waals surface area contributed by atoms with Crippen LogP contribution >= 0.6 is 11.8 Å². The molecule has 1 aliphatic heterocycles. The molecule has 0 saturated carbocycles. The minimum Gasteiger partial charge on any atom is -0.480 e. The van der Waals surface area contributed by atoms with Gasteiger partial charge in [0, 0.05) is 18.1 Å². The minimum atomic E-state index is -0.788. The van der Waals surface area contributed by atoms with Crippen molar-refractivity contribution in [2.24, 2.45) is 0 Å². The van der Waals surface area contributed by atoms with Gasteiger partial charge < -0.3 is 5.11 Å². The van der Waals surface area contributed by atoms with Crippen molar-refractivity contribution in [1.82, 2.24) is 10.3 Å². The maximum Gasteiger partial charge on any atom is 0.321 e. The molecule has 0 aliphatic carbocycles. The number of aromatic nitrogens is 1. The molecule has 0 bridgehead atoms. The van der Waals surface area contributed by atoms with Crippen molar-refractivity contribution in [3.8, 4) is 0 Å². The summed E-state index contributed by atoms with van der Waals surface area (Å²) < 4.78 is 0. The highest BCUT2D eigenvalue weighted by Gasteiger charge is 2.30. The first-order valence-corrected chi connectivity index (χ1v) is 5.32. The first kappa shape index (κ1) is 9.48. The minimum absolute atomic E-state index is 0.0600. The molecule has 1 aliphatic rings. The molecule has 0 spiro atoms. The van der Waals surface area contributed by atoms with E-state index in [1.807, 2.05) is 12.1 Å². The third kappa shape index (κ3) is 1.88. The number of nitrogens with zero attached hydrogens (tertiary/aromatic N) is 1. The lowest BCUT2D eigenvalue weighted by atomic mass is 10.2. The molecule has 1 aromatic rings. The van der Waals surface area contributed by atoms with E-state index in [2.05, 4.69) is 10.3 Å². The molecule has 0 radical (unpaired) electrons. The summed E-state index contributed by atoms with van der Waals surface area (Å²) in [6.45, 7) is 0. The molecular weight excluding hydrogens is 200 g/mol. The Balaban J connectivity index is 2.06. The summed E-state index contributed by atoms with van der Waals surface area (Å²) in [5, 5.41) is 11.9. The van der Waals surface area contributed by atoms with Crippen molar-refractivity contribution < 1.29 is 9.90 Å². The van der Waals surface area contributed by atoms with E-state index in [4.69, 9.17) is 5.11 Å². The second kappa shape index (κ2) is 3.98. The fourth-order valence-corrected chi connectivity index (χ4v) is 2.55. The normalized spacial score (nSPS) is 26.3. The van der Waals surface area contributed by atoms with Crippen LogP contribution < -0.4 is 5.32 Å². The summed E-state index contributed by atoms with van der Waals surface area (Å²) in [6, 6.07) is 3.36. The van der Waals surface area contributed by atoms with Crippen LogP contribution in [0.15, 0.2) is 24.5 Å². The molecule has 5 heteroatoms. The second-order valence-corrected chi connectivity index (χ2v) is 4.20. The Labute approximate surface area is 85.7 Å². The van der Waals surface area contributed by atoms with Gasteiger partial charge in [-0.2, -0.15) is 0 Å². The average Bonchev–Trinajstić information content (AvgIpc) is 2.68. The Morgan fingerprint density at radius 2 is 2.57 bits per heavy atom. The number of nitrogens with one attached hydrogen (secondary N) is 1. The third-order valence-corrected chi connectivity index (χ3v) is 3.33. The Kier molecular flexibility index (Phi) is 2.69. The van der Waals surface area contributed by atoms with Gasteiger partial charge in [-0.05, 0) is 11.6 Å². The Bertz CT molecular complexity index is 331. The molecule has 1 aromatic heterocycles. The molecule has 2 rings (SSSR count). The van der Waals surface area contributed by atoms with Crippen LogP contribution in [0.25, 0.3) is 0 Å². The number of carboxylic acid groups (broad SMARTS) is 1. The van der Waals surface area contributed by atoms with Gasteiger partial charge in [-0.3, -0.25) is 15.1 Å². The van der Waals surface area contributed by atoms with E-state index in [0.717, 1.165) is 5.56 Å². The van der Waals surface area contributed by atoms with Crippen LogP contribution in [0, 0.1) is 0 Å². The monoisotopic (exact) mass is 210 g/mol. The fraction of sp³-hybridized carbons (Fsp3) is 0.333. The van der Waals surface area contributed by atoms with Crippen LogP contribution in [-0.2, 0) is 4.79 Å². The molecule has 1 unspecified atom stereocenters. The van der Waals surface area contributed by atoms with E-state index in [1.165, 1.54) is 0 Å². The Morgan fingerprint density at radius 1 is 1.71 bits per heavy atom. The standard InChI is InChI=1S/C9H10N2O2S/c12-9(13)7-5-14-8(11-7)6-2-1-3-10-4-6/h1-4,7-8,11H,5H2,(H,12,13)/t7?,8-/m1/s1. The summed E-state index contributed by atoms with van der Waals surface area (Å²) in [5.41, 5.74) is 1.03. The van der Waals surface area contributed by atoms with Crippen LogP contribution in [0.1, 0.15) is 10.9 Å². The predicted molar refractivity (Wildman–Crippen MR) is 54.0 cm³/mol. The summed E-state index contributed by atoms with van der Waals surface area (Å²) in [7, 11) is 0. The smallest absolute Gasteiger partial charge is 0.321 e. The van der Waals surface area contributed by atoms with Crippen LogP contribution in [0.5, 0.6) is 0 Å². The van der Waals surface area contributed by atoms with Crippen LogP contribution in [0.3, 0.4) is 0 Å². The molecular formula is C9H10N2O2S. The topological polar surface area (TPSA) is 62.2 Å². The summed E-state index contributed by atoms with van der Waals surface area (Å²) >= 11 is 1.60. The molecule has 4 nitrogen and oxygen atoms in total. The van der Waals surface area contributed by atoms with E-state index in [1.54, 1.807) is 24.2 Å². The SMILES string of the molecule is O=C(O)C1CS[C@H](c2cccnc2)N1. The molecule has 74 valence electrons. The van der Waals surface area contributed by atoms with E-state index in [0.29, 0.717) is 5.75 Å². The zero-order valence-electron chi connectivity index (χ0n) is 7.38. The van der Waals surface area contributed by atoms with E-state index in [-0.39, 0.29) is 5.37 Å². The lowest BCUT2D eigenvalue weighted by Gasteiger charge is -2.09. The predicted octanol–water partition coefficient (Wildman–Crippen LogP) is 0.870. The molecule has 0 aromatic carbocycles. The van der Waals surface area contributed by atoms with Crippen LogP contribution in [-0.4, -0.2) is 27.9 Å². The van der Waals surface area contributed by atoms with E-state index in [9.17, 15) is 4.79 Å². The number of hydrogen-bond acceptors (Lipinski definition) is 4. The zero-order chi connectivity index (χ0) is 9.97. The largest absolute Gasteiger partial charge is 0.480 e. The van der Waals surface area contributed by atoms with Crippen molar-refractivity contribution in [2.45, 2.75) is 11.4 Å². The average molecular weight is 210 g/mol. The van der Waals surface area contributed by atoms with Gasteiger partial charge in [0.1, 0.15) is 6.04 Å². The van der Waals surface area contributed by atoms with Gasteiger partial charge >= 0.3 is 5.97 Å². The fourth-order valence-electron chi connectivity index (χ4n) is 1.34. The van der Waals surface area contributed by atoms with Gasteiger partial charge in [-0.15, -0.1) is 11.8 Å². The number of rotatable bonds is 2. The highest BCUT2D eigenvalue weighted by atomic mass is 32.2. The summed E-state index contributed by atoms with van der Waals surface area (Å²) in [5.74, 6) is -0.182. The van der Waals surface area contributed by atoms with Gasteiger partial charge in [-0.25, -0.2) is 0 Å². The molecule has 2 heterocycles. The van der Waals surface area contributed by atoms with Gasteiger partial charge in [0.25, 0.3) is 0 Å². The maximum atomic E-state index is 10.7. The molecule has 0 amide bonds. The number of thioether (sulfide) groups is 1. The summed E-state index contributed by atoms with van der Waals surface area (Å²) in [4.78, 5) is 14.7. The second-order valence-electron chi connectivity index (χ2n) is 3.06. The molecule has 2 atom stereocenters. The van der Waals surface area contributed by atoms with Crippen molar-refractivity contribution in [3.63, 3.8) is 0 Å². The van der Waals surface area contributed by atoms with Crippen molar-refractivity contribution in [1.29, 1.82) is 0 Å². The molecule has 1 fully saturated rings. The van der Waals surface area contributed by atoms with Crippen LogP contribution in [0.4, 0.5) is 0 Å². The third-order valence-electron chi connectivity index (χ3n) is 2.07. The zero-order valence-corrected chi connectivity index (χ0v) is 8.20. The lowest BCUT2D eigenvalue weighted by Crippen LogP contribution is -2.33. The Hall–Kier alpha value is -1.07. The number of carbonyl (C=O) groups is 1. The molecule has 1 saturated heterocycles. The van der Waals surface area contributed by atoms with Crippen molar-refractivity contribution >= 4 is 17.7 Å². The first-order chi connectivity index (χ1) is 6.77. The molecule has 2 N–H and O–H groups in total. The highest BCUT2D eigenvalue weighted by Crippen LogP contribution is 2.31. The van der Waals surface area contributed by atoms with E-state index < -0.39 is 12.0 Å². The first-order valence-electron chi connectivity index (χ1n) is 4.28. The number of carboxylic acids is 1. The van der Waals surface area contributed by atoms with Gasteiger partial charge in [-0.1, -0.05) is 6.07 Å².